The summed E-state index contributed by atoms with van der Waals surface area (Å²) in [5.74, 6) is 1.34. The van der Waals surface area contributed by atoms with E-state index in [-0.39, 0.29) is 0 Å². The maximum Gasteiger partial charge on any atom is 0.213 e. The van der Waals surface area contributed by atoms with Gasteiger partial charge in [-0.25, -0.2) is 0 Å². The van der Waals surface area contributed by atoms with Crippen molar-refractivity contribution < 1.29 is 4.52 Å². The third kappa shape index (κ3) is 2.43. The molecule has 3 rings (SSSR count). The summed E-state index contributed by atoms with van der Waals surface area (Å²) in [6.07, 6.45) is 3.64. The van der Waals surface area contributed by atoms with E-state index in [1.807, 2.05) is 22.8 Å². The summed E-state index contributed by atoms with van der Waals surface area (Å²) in [7, 11) is 0. The van der Waals surface area contributed by atoms with Gasteiger partial charge < -0.3 is 4.52 Å². The van der Waals surface area contributed by atoms with Crippen molar-refractivity contribution in [3.63, 3.8) is 0 Å². The summed E-state index contributed by atoms with van der Waals surface area (Å²) in [4.78, 5) is 8.24. The Kier molecular flexibility index (Phi) is 3.15. The maximum atomic E-state index is 5.22. The van der Waals surface area contributed by atoms with Crippen molar-refractivity contribution in [3.8, 4) is 11.5 Å². The van der Waals surface area contributed by atoms with Crippen molar-refractivity contribution in [3.05, 3.63) is 41.4 Å². The van der Waals surface area contributed by atoms with Crippen molar-refractivity contribution in [1.29, 1.82) is 0 Å². The Morgan fingerprint density at radius 1 is 1.32 bits per heavy atom. The van der Waals surface area contributed by atoms with Crippen LogP contribution < -0.4 is 0 Å². The summed E-state index contributed by atoms with van der Waals surface area (Å²) >= 11 is 5.22. The van der Waals surface area contributed by atoms with E-state index in [4.69, 9.17) is 16.7 Å². The molecule has 7 nitrogen and oxygen atoms in total. The van der Waals surface area contributed by atoms with Crippen molar-refractivity contribution in [1.82, 2.24) is 29.9 Å². The molecule has 3 aromatic rings. The summed E-state index contributed by atoms with van der Waals surface area (Å²) in [6.45, 7) is 0.612. The van der Waals surface area contributed by atoms with E-state index < -0.39 is 0 Å². The molecule has 8 heteroatoms. The average Bonchev–Trinajstić information content (AvgIpc) is 3.07. The van der Waals surface area contributed by atoms with Gasteiger partial charge in [0.15, 0.2) is 16.4 Å². The average molecular weight is 274 g/mol. The fraction of sp³-hybridized carbons (Fsp3) is 0.182. The molecule has 3 heterocycles. The third-order valence-corrected chi connectivity index (χ3v) is 2.93. The van der Waals surface area contributed by atoms with Gasteiger partial charge >= 0.3 is 0 Å². The first-order valence-electron chi connectivity index (χ1n) is 5.66. The van der Waals surface area contributed by atoms with Crippen molar-refractivity contribution in [2.75, 3.05) is 0 Å². The van der Waals surface area contributed by atoms with Gasteiger partial charge in [-0.15, -0.1) is 0 Å². The highest BCUT2D eigenvalue weighted by molar-refractivity contribution is 7.71. The molecule has 0 saturated carbocycles. The van der Waals surface area contributed by atoms with Gasteiger partial charge in [0.05, 0.1) is 0 Å². The Morgan fingerprint density at radius 2 is 2.26 bits per heavy atom. The highest BCUT2D eigenvalue weighted by atomic mass is 32.1. The van der Waals surface area contributed by atoms with Crippen LogP contribution in [0.4, 0.5) is 0 Å². The van der Waals surface area contributed by atoms with Gasteiger partial charge in [-0.05, 0) is 24.4 Å². The topological polar surface area (TPSA) is 85.4 Å². The van der Waals surface area contributed by atoms with Crippen LogP contribution in [0.3, 0.4) is 0 Å². The first-order valence-corrected chi connectivity index (χ1v) is 6.07. The maximum absolute atomic E-state index is 5.22. The molecule has 0 amide bonds. The SMILES string of the molecule is S=c1[nH]nc(-c2ccccn2)n1CCc1ncon1. The minimum absolute atomic E-state index is 0.546. The molecular formula is C11H10N6OS. The van der Waals surface area contributed by atoms with Gasteiger partial charge in [-0.2, -0.15) is 10.1 Å². The lowest BCUT2D eigenvalue weighted by molar-refractivity contribution is 0.408. The molecule has 0 fully saturated rings. The van der Waals surface area contributed by atoms with Crippen LogP contribution >= 0.6 is 12.2 Å². The molecule has 0 radical (unpaired) electrons. The first kappa shape index (κ1) is 11.7. The molecule has 0 unspecified atom stereocenters. The number of hydrogen-bond acceptors (Lipinski definition) is 6. The fourth-order valence-electron chi connectivity index (χ4n) is 1.73. The van der Waals surface area contributed by atoms with Crippen LogP contribution in [-0.4, -0.2) is 29.9 Å². The van der Waals surface area contributed by atoms with E-state index in [1.165, 1.54) is 6.39 Å². The molecule has 3 aromatic heterocycles. The Balaban J connectivity index is 1.89. The Morgan fingerprint density at radius 3 is 3.00 bits per heavy atom. The highest BCUT2D eigenvalue weighted by Gasteiger charge is 2.10. The molecule has 19 heavy (non-hydrogen) atoms. The Hall–Kier alpha value is -2.35. The molecular weight excluding hydrogens is 264 g/mol. The van der Waals surface area contributed by atoms with Crippen LogP contribution in [0.5, 0.6) is 0 Å². The van der Waals surface area contributed by atoms with Crippen LogP contribution in [0, 0.1) is 4.77 Å². The lowest BCUT2D eigenvalue weighted by Crippen LogP contribution is -2.05. The lowest BCUT2D eigenvalue weighted by atomic mass is 10.3. The number of nitrogens with one attached hydrogen (secondary N) is 1. The minimum atomic E-state index is 0.546. The zero-order valence-electron chi connectivity index (χ0n) is 9.85. The van der Waals surface area contributed by atoms with Gasteiger partial charge in [0, 0.05) is 19.2 Å². The molecule has 0 spiro atoms. The fourth-order valence-corrected chi connectivity index (χ4v) is 1.95. The number of pyridine rings is 1. The zero-order chi connectivity index (χ0) is 13.1. The van der Waals surface area contributed by atoms with Gasteiger partial charge in [-0.1, -0.05) is 11.2 Å². The quantitative estimate of drug-likeness (QED) is 0.728. The second kappa shape index (κ2) is 5.11. The molecule has 0 aliphatic heterocycles. The normalized spacial score (nSPS) is 10.7. The van der Waals surface area contributed by atoms with Gasteiger partial charge in [-0.3, -0.25) is 14.6 Å². The van der Waals surface area contributed by atoms with Crippen LogP contribution in [-0.2, 0) is 13.0 Å². The van der Waals surface area contributed by atoms with Crippen LogP contribution in [0.1, 0.15) is 5.82 Å². The third-order valence-electron chi connectivity index (χ3n) is 2.62. The smallest absolute Gasteiger partial charge is 0.213 e. The van der Waals surface area contributed by atoms with E-state index in [2.05, 4.69) is 25.3 Å². The standard InChI is InChI=1S/C11H10N6OS/c19-11-15-14-10(8-3-1-2-5-12-8)17(11)6-4-9-13-7-18-16-9/h1-3,5,7H,4,6H2,(H,15,19). The molecule has 0 atom stereocenters. The Bertz CT molecular complexity index is 702. The molecule has 0 aromatic carbocycles. The van der Waals surface area contributed by atoms with Crippen LogP contribution in [0.2, 0.25) is 0 Å². The number of H-pyrrole nitrogens is 1. The van der Waals surface area contributed by atoms with Gasteiger partial charge in [0.2, 0.25) is 6.39 Å². The second-order valence-electron chi connectivity index (χ2n) is 3.82. The summed E-state index contributed by atoms with van der Waals surface area (Å²) < 4.78 is 7.11. The van der Waals surface area contributed by atoms with E-state index in [0.29, 0.717) is 29.4 Å². The number of nitrogens with zero attached hydrogens (tertiary/aromatic N) is 5. The number of aryl methyl sites for hydroxylation is 1. The summed E-state index contributed by atoms with van der Waals surface area (Å²) in [6, 6.07) is 5.65. The van der Waals surface area contributed by atoms with Crippen LogP contribution in [0.25, 0.3) is 11.5 Å². The number of aromatic nitrogens is 6. The molecule has 0 bridgehead atoms. The highest BCUT2D eigenvalue weighted by Crippen LogP contribution is 2.14. The predicted octanol–water partition coefficient (Wildman–Crippen LogP) is 1.63. The molecule has 0 saturated heterocycles. The van der Waals surface area contributed by atoms with E-state index in [9.17, 15) is 0 Å². The largest absolute Gasteiger partial charge is 0.343 e. The molecule has 0 aliphatic carbocycles. The van der Waals surface area contributed by atoms with Crippen molar-refractivity contribution in [2.45, 2.75) is 13.0 Å². The van der Waals surface area contributed by atoms with E-state index >= 15 is 0 Å². The summed E-state index contributed by atoms with van der Waals surface area (Å²) in [5, 5.41) is 10.8. The Labute approximate surface area is 113 Å². The monoisotopic (exact) mass is 274 g/mol. The van der Waals surface area contributed by atoms with Gasteiger partial charge in [0.1, 0.15) is 5.69 Å². The van der Waals surface area contributed by atoms with E-state index in [0.717, 1.165) is 5.69 Å². The number of rotatable bonds is 4. The van der Waals surface area contributed by atoms with Gasteiger partial charge in [0.25, 0.3) is 0 Å². The molecule has 96 valence electrons. The molecule has 0 aliphatic rings. The lowest BCUT2D eigenvalue weighted by Gasteiger charge is -2.04. The van der Waals surface area contributed by atoms with E-state index in [1.54, 1.807) is 6.20 Å². The predicted molar refractivity (Wildman–Crippen MR) is 68.6 cm³/mol. The van der Waals surface area contributed by atoms with Crippen molar-refractivity contribution >= 4 is 12.2 Å². The number of hydrogen-bond donors (Lipinski definition) is 1. The minimum Gasteiger partial charge on any atom is -0.343 e. The van der Waals surface area contributed by atoms with Crippen LogP contribution in [0.15, 0.2) is 35.3 Å². The number of aromatic amines is 1. The first-order chi connectivity index (χ1) is 9.34. The summed E-state index contributed by atoms with van der Waals surface area (Å²) in [5.41, 5.74) is 0.767. The van der Waals surface area contributed by atoms with Crippen molar-refractivity contribution in [2.24, 2.45) is 0 Å². The second-order valence-corrected chi connectivity index (χ2v) is 4.20. The zero-order valence-corrected chi connectivity index (χ0v) is 10.7. The molecule has 1 N–H and O–H groups in total.